The smallest absolute Gasteiger partial charge is 0.303 e. The molecule has 0 aliphatic heterocycles. The predicted octanol–water partition coefficient (Wildman–Crippen LogP) is 2.98. The molecule has 0 saturated heterocycles. The molecule has 1 atom stereocenters. The number of nitrogens with zero attached hydrogens (tertiary/aromatic N) is 1. The topological polar surface area (TPSA) is 87.9 Å². The summed E-state index contributed by atoms with van der Waals surface area (Å²) in [6, 6.07) is 14.8. The number of carbonyl (C=O) groups excluding carboxylic acids is 1. The zero-order valence-corrected chi connectivity index (χ0v) is 13.1. The molecule has 0 radical (unpaired) electrons. The fourth-order valence-electron chi connectivity index (χ4n) is 1.91. The van der Waals surface area contributed by atoms with E-state index in [1.165, 1.54) is 31.2 Å². The average Bonchev–Trinajstić information content (AvgIpc) is 2.58. The van der Waals surface area contributed by atoms with Crippen molar-refractivity contribution >= 4 is 11.7 Å². The Morgan fingerprint density at radius 3 is 2.04 bits per heavy atom. The van der Waals surface area contributed by atoms with Crippen molar-refractivity contribution in [2.75, 3.05) is 13.2 Å². The van der Waals surface area contributed by atoms with Crippen LogP contribution < -0.4 is 9.47 Å². The minimum atomic E-state index is -0.599. The van der Waals surface area contributed by atoms with Crippen LogP contribution in [0, 0.1) is 10.1 Å². The lowest BCUT2D eigenvalue weighted by Crippen LogP contribution is -2.30. The van der Waals surface area contributed by atoms with Gasteiger partial charge in [0.15, 0.2) is 6.10 Å². The molecule has 0 saturated carbocycles. The van der Waals surface area contributed by atoms with Gasteiger partial charge < -0.3 is 14.2 Å². The Kier molecular flexibility index (Phi) is 6.13. The van der Waals surface area contributed by atoms with Crippen LogP contribution in [0.5, 0.6) is 11.5 Å². The SMILES string of the molecule is CC(=O)OC(COc1ccccc1)COc1ccc([N+](=O)[O-])cc1. The van der Waals surface area contributed by atoms with E-state index in [1.54, 1.807) is 12.1 Å². The van der Waals surface area contributed by atoms with Crippen LogP contribution in [-0.4, -0.2) is 30.2 Å². The fraction of sp³-hybridized carbons (Fsp3) is 0.235. The van der Waals surface area contributed by atoms with Crippen molar-refractivity contribution in [2.24, 2.45) is 0 Å². The standard InChI is InChI=1S/C17H17NO6/c1-13(19)24-17(11-22-15-5-3-2-4-6-15)12-23-16-9-7-14(8-10-16)18(20)21/h2-10,17H,11-12H2,1H3. The summed E-state index contributed by atoms with van der Waals surface area (Å²) in [5.41, 5.74) is -0.0219. The summed E-state index contributed by atoms with van der Waals surface area (Å²) < 4.78 is 16.2. The van der Waals surface area contributed by atoms with Crippen LogP contribution in [-0.2, 0) is 9.53 Å². The molecular formula is C17H17NO6. The first-order chi connectivity index (χ1) is 11.5. The minimum Gasteiger partial charge on any atom is -0.490 e. The summed E-state index contributed by atoms with van der Waals surface area (Å²) in [4.78, 5) is 21.3. The van der Waals surface area contributed by atoms with E-state index in [9.17, 15) is 14.9 Å². The zero-order chi connectivity index (χ0) is 17.4. The van der Waals surface area contributed by atoms with Gasteiger partial charge >= 0.3 is 5.97 Å². The highest BCUT2D eigenvalue weighted by Gasteiger charge is 2.15. The maximum Gasteiger partial charge on any atom is 0.303 e. The predicted molar refractivity (Wildman–Crippen MR) is 86.1 cm³/mol. The number of nitro benzene ring substituents is 1. The van der Waals surface area contributed by atoms with Crippen molar-refractivity contribution in [2.45, 2.75) is 13.0 Å². The van der Waals surface area contributed by atoms with Crippen LogP contribution in [0.3, 0.4) is 0 Å². The van der Waals surface area contributed by atoms with Crippen LogP contribution in [0.25, 0.3) is 0 Å². The van der Waals surface area contributed by atoms with Crippen molar-refractivity contribution in [1.29, 1.82) is 0 Å². The molecule has 7 nitrogen and oxygen atoms in total. The quantitative estimate of drug-likeness (QED) is 0.420. The molecule has 2 aromatic carbocycles. The van der Waals surface area contributed by atoms with Gasteiger partial charge in [-0.15, -0.1) is 0 Å². The van der Waals surface area contributed by atoms with Crippen LogP contribution in [0.15, 0.2) is 54.6 Å². The van der Waals surface area contributed by atoms with Gasteiger partial charge in [0.05, 0.1) is 4.92 Å². The van der Waals surface area contributed by atoms with E-state index in [1.807, 2.05) is 18.2 Å². The third-order valence-electron chi connectivity index (χ3n) is 3.00. The van der Waals surface area contributed by atoms with Crippen molar-refractivity contribution in [3.8, 4) is 11.5 Å². The maximum atomic E-state index is 11.2. The Hall–Kier alpha value is -3.09. The van der Waals surface area contributed by atoms with Gasteiger partial charge in [-0.2, -0.15) is 0 Å². The molecule has 1 unspecified atom stereocenters. The van der Waals surface area contributed by atoms with Crippen LogP contribution >= 0.6 is 0 Å². The summed E-state index contributed by atoms with van der Waals surface area (Å²) in [5.74, 6) is 0.659. The van der Waals surface area contributed by atoms with Gasteiger partial charge in [0.1, 0.15) is 24.7 Å². The number of para-hydroxylation sites is 1. The Morgan fingerprint density at radius 1 is 1.00 bits per heavy atom. The van der Waals surface area contributed by atoms with Crippen LogP contribution in [0.4, 0.5) is 5.69 Å². The number of carbonyl (C=O) groups is 1. The molecule has 0 bridgehead atoms. The molecule has 126 valence electrons. The summed E-state index contributed by atoms with van der Waals surface area (Å²) in [6.07, 6.45) is -0.599. The molecule has 0 aliphatic rings. The lowest BCUT2D eigenvalue weighted by atomic mass is 10.3. The number of rotatable bonds is 8. The van der Waals surface area contributed by atoms with Crippen LogP contribution in [0.2, 0.25) is 0 Å². The molecule has 0 N–H and O–H groups in total. The largest absolute Gasteiger partial charge is 0.490 e. The van der Waals surface area contributed by atoms with Gasteiger partial charge in [0, 0.05) is 19.1 Å². The van der Waals surface area contributed by atoms with Gasteiger partial charge in [0.2, 0.25) is 0 Å². The summed E-state index contributed by atoms with van der Waals surface area (Å²) in [6.45, 7) is 1.52. The zero-order valence-electron chi connectivity index (χ0n) is 13.1. The monoisotopic (exact) mass is 331 g/mol. The van der Waals surface area contributed by atoms with E-state index in [-0.39, 0.29) is 18.9 Å². The number of hydrogen-bond donors (Lipinski definition) is 0. The maximum absolute atomic E-state index is 11.2. The Morgan fingerprint density at radius 2 is 1.54 bits per heavy atom. The number of hydrogen-bond acceptors (Lipinski definition) is 6. The molecule has 0 fully saturated rings. The first kappa shape index (κ1) is 17.3. The first-order valence-corrected chi connectivity index (χ1v) is 7.27. The van der Waals surface area contributed by atoms with Gasteiger partial charge in [-0.05, 0) is 24.3 Å². The molecule has 0 heterocycles. The molecule has 0 aromatic heterocycles. The average molecular weight is 331 g/mol. The Balaban J connectivity index is 1.90. The third-order valence-corrected chi connectivity index (χ3v) is 3.00. The second kappa shape index (κ2) is 8.52. The van der Waals surface area contributed by atoms with Crippen molar-refractivity contribution in [1.82, 2.24) is 0 Å². The number of esters is 1. The fourth-order valence-corrected chi connectivity index (χ4v) is 1.91. The molecule has 7 heteroatoms. The third kappa shape index (κ3) is 5.60. The van der Waals surface area contributed by atoms with E-state index in [2.05, 4.69) is 0 Å². The Labute approximate surface area is 138 Å². The highest BCUT2D eigenvalue weighted by Crippen LogP contribution is 2.18. The summed E-state index contributed by atoms with van der Waals surface area (Å²) in [7, 11) is 0. The highest BCUT2D eigenvalue weighted by molar-refractivity contribution is 5.66. The number of benzene rings is 2. The van der Waals surface area contributed by atoms with Gasteiger partial charge in [-0.3, -0.25) is 14.9 Å². The molecule has 2 rings (SSSR count). The molecular weight excluding hydrogens is 314 g/mol. The van der Waals surface area contributed by atoms with Gasteiger partial charge in [0.25, 0.3) is 5.69 Å². The number of ether oxygens (including phenoxy) is 3. The van der Waals surface area contributed by atoms with E-state index in [4.69, 9.17) is 14.2 Å². The highest BCUT2D eigenvalue weighted by atomic mass is 16.6. The lowest BCUT2D eigenvalue weighted by Gasteiger charge is -2.18. The molecule has 0 aliphatic carbocycles. The first-order valence-electron chi connectivity index (χ1n) is 7.27. The summed E-state index contributed by atoms with van der Waals surface area (Å²) in [5, 5.41) is 10.6. The second-order valence-electron chi connectivity index (χ2n) is 4.92. The minimum absolute atomic E-state index is 0.0219. The number of nitro groups is 1. The van der Waals surface area contributed by atoms with E-state index >= 15 is 0 Å². The van der Waals surface area contributed by atoms with E-state index < -0.39 is 17.0 Å². The van der Waals surface area contributed by atoms with E-state index in [0.717, 1.165) is 0 Å². The number of non-ortho nitro benzene ring substituents is 1. The van der Waals surface area contributed by atoms with Crippen molar-refractivity contribution in [3.05, 3.63) is 64.7 Å². The van der Waals surface area contributed by atoms with E-state index in [0.29, 0.717) is 11.5 Å². The molecule has 24 heavy (non-hydrogen) atoms. The van der Waals surface area contributed by atoms with Gasteiger partial charge in [-0.25, -0.2) is 0 Å². The van der Waals surface area contributed by atoms with Gasteiger partial charge in [-0.1, -0.05) is 18.2 Å². The summed E-state index contributed by atoms with van der Waals surface area (Å²) >= 11 is 0. The second-order valence-corrected chi connectivity index (χ2v) is 4.92. The molecule has 0 spiro atoms. The Bertz CT molecular complexity index is 671. The van der Waals surface area contributed by atoms with Crippen molar-refractivity contribution in [3.63, 3.8) is 0 Å². The molecule has 0 amide bonds. The van der Waals surface area contributed by atoms with Crippen LogP contribution in [0.1, 0.15) is 6.92 Å². The molecule has 2 aromatic rings. The lowest BCUT2D eigenvalue weighted by molar-refractivity contribution is -0.384. The normalized spacial score (nSPS) is 11.4. The van der Waals surface area contributed by atoms with Crippen molar-refractivity contribution < 1.29 is 23.9 Å².